The van der Waals surface area contributed by atoms with E-state index in [4.69, 9.17) is 0 Å². The van der Waals surface area contributed by atoms with E-state index in [-0.39, 0.29) is 31.4 Å². The number of rotatable bonds is 7. The van der Waals surface area contributed by atoms with Crippen molar-refractivity contribution in [3.05, 3.63) is 0 Å². The van der Waals surface area contributed by atoms with Crippen molar-refractivity contribution in [3.63, 3.8) is 0 Å². The zero-order valence-electron chi connectivity index (χ0n) is 12.8. The summed E-state index contributed by atoms with van der Waals surface area (Å²) in [4.78, 5) is 34.3. The highest BCUT2D eigenvalue weighted by molar-refractivity contribution is 6.04. The third-order valence-electron chi connectivity index (χ3n) is 4.45. The van der Waals surface area contributed by atoms with Gasteiger partial charge in [0.15, 0.2) is 0 Å². The van der Waals surface area contributed by atoms with Crippen LogP contribution in [0.2, 0.25) is 0 Å². The van der Waals surface area contributed by atoms with Gasteiger partial charge in [0.2, 0.25) is 5.91 Å². The minimum absolute atomic E-state index is 0.0666. The molecule has 2 atom stereocenters. The van der Waals surface area contributed by atoms with Gasteiger partial charge in [-0.25, -0.2) is 4.79 Å². The Bertz CT molecular complexity index is 421. The van der Waals surface area contributed by atoms with Gasteiger partial charge in [0.25, 0.3) is 5.91 Å². The average Bonchev–Trinajstić information content (AvgIpc) is 2.83. The Morgan fingerprint density at radius 1 is 1.27 bits per heavy atom. The maximum atomic E-state index is 11.9. The zero-order valence-corrected chi connectivity index (χ0v) is 12.8. The molecular weight excluding hydrogens is 286 g/mol. The first-order chi connectivity index (χ1) is 10.6. The second-order valence-electron chi connectivity index (χ2n) is 6.24. The molecule has 1 saturated heterocycles. The molecule has 0 radical (unpaired) electrons. The molecule has 0 aromatic carbocycles. The van der Waals surface area contributed by atoms with Gasteiger partial charge < -0.3 is 15.7 Å². The number of imide groups is 1. The monoisotopic (exact) mass is 311 g/mol. The molecule has 0 aromatic rings. The van der Waals surface area contributed by atoms with Crippen LogP contribution in [0, 0.1) is 5.92 Å². The van der Waals surface area contributed by atoms with E-state index in [9.17, 15) is 19.5 Å². The first kappa shape index (κ1) is 16.7. The van der Waals surface area contributed by atoms with Crippen LogP contribution in [-0.4, -0.2) is 41.6 Å². The van der Waals surface area contributed by atoms with E-state index in [1.807, 2.05) is 0 Å². The molecule has 22 heavy (non-hydrogen) atoms. The molecule has 7 nitrogen and oxygen atoms in total. The molecule has 0 aromatic heterocycles. The average molecular weight is 311 g/mol. The van der Waals surface area contributed by atoms with E-state index in [2.05, 4.69) is 16.0 Å². The number of aliphatic hydroxyl groups excluding tert-OH is 1. The second-order valence-corrected chi connectivity index (χ2v) is 6.24. The summed E-state index contributed by atoms with van der Waals surface area (Å²) in [7, 11) is 0. The number of amides is 4. The lowest BCUT2D eigenvalue weighted by Crippen LogP contribution is -2.40. The van der Waals surface area contributed by atoms with Gasteiger partial charge in [-0.15, -0.1) is 0 Å². The summed E-state index contributed by atoms with van der Waals surface area (Å²) in [5.74, 6) is -0.00591. The van der Waals surface area contributed by atoms with Crippen LogP contribution in [0.25, 0.3) is 0 Å². The van der Waals surface area contributed by atoms with Crippen LogP contribution >= 0.6 is 0 Å². The third kappa shape index (κ3) is 4.98. The Morgan fingerprint density at radius 2 is 2.00 bits per heavy atom. The zero-order chi connectivity index (χ0) is 15.9. The largest absolute Gasteiger partial charge is 0.394 e. The minimum Gasteiger partial charge on any atom is -0.394 e. The summed E-state index contributed by atoms with van der Waals surface area (Å²) in [5.41, 5.74) is 0. The van der Waals surface area contributed by atoms with E-state index in [0.717, 1.165) is 6.42 Å². The highest BCUT2D eigenvalue weighted by Crippen LogP contribution is 2.27. The van der Waals surface area contributed by atoms with Crippen LogP contribution in [0.15, 0.2) is 0 Å². The molecule has 0 unspecified atom stereocenters. The molecule has 1 heterocycles. The SMILES string of the molecule is O=C(CC[C@@H]1NC(=O)NC1=O)N[C@H](CO)CC1CCCCC1. The molecule has 7 heteroatoms. The van der Waals surface area contributed by atoms with Crippen LogP contribution in [0.5, 0.6) is 0 Å². The summed E-state index contributed by atoms with van der Waals surface area (Å²) >= 11 is 0. The Balaban J connectivity index is 1.69. The molecule has 0 bridgehead atoms. The maximum absolute atomic E-state index is 11.9. The van der Waals surface area contributed by atoms with Crippen molar-refractivity contribution in [1.29, 1.82) is 0 Å². The Morgan fingerprint density at radius 3 is 2.59 bits per heavy atom. The van der Waals surface area contributed by atoms with Crippen molar-refractivity contribution in [1.82, 2.24) is 16.0 Å². The predicted octanol–water partition coefficient (Wildman–Crippen LogP) is 0.422. The van der Waals surface area contributed by atoms with Gasteiger partial charge >= 0.3 is 6.03 Å². The smallest absolute Gasteiger partial charge is 0.322 e. The molecule has 2 aliphatic rings. The molecule has 1 aliphatic heterocycles. The number of hydrogen-bond donors (Lipinski definition) is 4. The Hall–Kier alpha value is -1.63. The quantitative estimate of drug-likeness (QED) is 0.511. The number of carbonyl (C=O) groups excluding carboxylic acids is 3. The number of aliphatic hydroxyl groups is 1. The fourth-order valence-corrected chi connectivity index (χ4v) is 3.24. The molecule has 2 rings (SSSR count). The van der Waals surface area contributed by atoms with Crippen LogP contribution in [-0.2, 0) is 9.59 Å². The second kappa shape index (κ2) is 8.12. The lowest BCUT2D eigenvalue weighted by atomic mass is 9.85. The number of nitrogens with one attached hydrogen (secondary N) is 3. The summed E-state index contributed by atoms with van der Waals surface area (Å²) in [5, 5.41) is 16.9. The Labute approximate surface area is 130 Å². The third-order valence-corrected chi connectivity index (χ3v) is 4.45. The highest BCUT2D eigenvalue weighted by Gasteiger charge is 2.29. The molecule has 1 aliphatic carbocycles. The van der Waals surface area contributed by atoms with Gasteiger partial charge in [-0.2, -0.15) is 0 Å². The number of hydrogen-bond acceptors (Lipinski definition) is 4. The molecule has 1 saturated carbocycles. The number of urea groups is 1. The van der Waals surface area contributed by atoms with Crippen LogP contribution < -0.4 is 16.0 Å². The Kier molecular flexibility index (Phi) is 6.18. The molecular formula is C15H25N3O4. The first-order valence-corrected chi connectivity index (χ1v) is 8.10. The van der Waals surface area contributed by atoms with E-state index >= 15 is 0 Å². The van der Waals surface area contributed by atoms with Crippen LogP contribution in [0.3, 0.4) is 0 Å². The van der Waals surface area contributed by atoms with Gasteiger partial charge in [-0.05, 0) is 18.8 Å². The maximum Gasteiger partial charge on any atom is 0.322 e. The fraction of sp³-hybridized carbons (Fsp3) is 0.800. The topological polar surface area (TPSA) is 108 Å². The lowest BCUT2D eigenvalue weighted by molar-refractivity contribution is -0.123. The minimum atomic E-state index is -0.635. The standard InChI is InChI=1S/C15H25N3O4/c19-9-11(8-10-4-2-1-3-5-10)16-13(20)7-6-12-14(21)18-15(22)17-12/h10-12,19H,1-9H2,(H,16,20)(H2,17,18,21,22)/t11-,12-/m0/s1. The van der Waals surface area contributed by atoms with Crippen molar-refractivity contribution in [2.75, 3.05) is 6.61 Å². The van der Waals surface area contributed by atoms with Crippen molar-refractivity contribution in [3.8, 4) is 0 Å². The van der Waals surface area contributed by atoms with Crippen molar-refractivity contribution >= 4 is 17.8 Å². The van der Waals surface area contributed by atoms with Gasteiger partial charge in [-0.3, -0.25) is 14.9 Å². The van der Waals surface area contributed by atoms with Gasteiger partial charge in [-0.1, -0.05) is 32.1 Å². The van der Waals surface area contributed by atoms with E-state index in [1.54, 1.807) is 0 Å². The van der Waals surface area contributed by atoms with E-state index in [1.165, 1.54) is 32.1 Å². The van der Waals surface area contributed by atoms with E-state index in [0.29, 0.717) is 5.92 Å². The van der Waals surface area contributed by atoms with Gasteiger partial charge in [0, 0.05) is 6.42 Å². The summed E-state index contributed by atoms with van der Waals surface area (Å²) in [6.07, 6.45) is 7.30. The highest BCUT2D eigenvalue weighted by atomic mass is 16.3. The summed E-state index contributed by atoms with van der Waals surface area (Å²) in [6, 6.07) is -1.37. The van der Waals surface area contributed by atoms with E-state index < -0.39 is 18.0 Å². The molecule has 2 fully saturated rings. The van der Waals surface area contributed by atoms with Crippen LogP contribution in [0.4, 0.5) is 4.79 Å². The lowest BCUT2D eigenvalue weighted by Gasteiger charge is -2.26. The molecule has 0 spiro atoms. The predicted molar refractivity (Wildman–Crippen MR) is 79.9 cm³/mol. The fourth-order valence-electron chi connectivity index (χ4n) is 3.24. The number of carbonyl (C=O) groups is 3. The van der Waals surface area contributed by atoms with Crippen LogP contribution in [0.1, 0.15) is 51.4 Å². The molecule has 4 amide bonds. The molecule has 124 valence electrons. The van der Waals surface area contributed by atoms with Gasteiger partial charge in [0.05, 0.1) is 12.6 Å². The van der Waals surface area contributed by atoms with Crippen molar-refractivity contribution in [2.24, 2.45) is 5.92 Å². The molecule has 4 N–H and O–H groups in total. The van der Waals surface area contributed by atoms with Crippen molar-refractivity contribution < 1.29 is 19.5 Å². The first-order valence-electron chi connectivity index (χ1n) is 8.10. The van der Waals surface area contributed by atoms with Crippen molar-refractivity contribution in [2.45, 2.75) is 63.5 Å². The summed E-state index contributed by atoms with van der Waals surface area (Å²) in [6.45, 7) is -0.0666. The summed E-state index contributed by atoms with van der Waals surface area (Å²) < 4.78 is 0. The normalized spacial score (nSPS) is 23.8. The van der Waals surface area contributed by atoms with Gasteiger partial charge in [0.1, 0.15) is 6.04 Å².